The molecule has 2 fully saturated rings. The summed E-state index contributed by atoms with van der Waals surface area (Å²) in [5, 5.41) is 8.27. The van der Waals surface area contributed by atoms with Gasteiger partial charge in [0, 0.05) is 12.6 Å². The van der Waals surface area contributed by atoms with Gasteiger partial charge < -0.3 is 5.32 Å². The van der Waals surface area contributed by atoms with E-state index in [4.69, 9.17) is 0 Å². The third-order valence-electron chi connectivity index (χ3n) is 5.79. The smallest absolute Gasteiger partial charge is 0.155 e. The van der Waals surface area contributed by atoms with Crippen LogP contribution in [0.5, 0.6) is 0 Å². The first-order valence-electron chi connectivity index (χ1n) is 8.62. The van der Waals surface area contributed by atoms with Gasteiger partial charge >= 0.3 is 0 Å². The van der Waals surface area contributed by atoms with Crippen LogP contribution < -0.4 is 5.32 Å². The van der Waals surface area contributed by atoms with Gasteiger partial charge in [-0.2, -0.15) is 5.10 Å². The van der Waals surface area contributed by atoms with Crippen molar-refractivity contribution in [2.75, 3.05) is 5.32 Å². The summed E-state index contributed by atoms with van der Waals surface area (Å²) in [5.74, 6) is 3.64. The van der Waals surface area contributed by atoms with Gasteiger partial charge in [-0.3, -0.25) is 4.68 Å². The van der Waals surface area contributed by atoms with Crippen molar-refractivity contribution in [1.29, 1.82) is 0 Å². The molecule has 118 valence electrons. The van der Waals surface area contributed by atoms with Gasteiger partial charge in [-0.15, -0.1) is 0 Å². The molecular formula is C17H25N5. The van der Waals surface area contributed by atoms with E-state index in [2.05, 4.69) is 34.2 Å². The van der Waals surface area contributed by atoms with Gasteiger partial charge in [0.2, 0.25) is 0 Å². The summed E-state index contributed by atoms with van der Waals surface area (Å²) in [7, 11) is 0. The molecule has 2 aromatic heterocycles. The Hall–Kier alpha value is -1.65. The summed E-state index contributed by atoms with van der Waals surface area (Å²) >= 11 is 0. The van der Waals surface area contributed by atoms with Crippen LogP contribution in [0.15, 0.2) is 6.33 Å². The molecule has 0 amide bonds. The van der Waals surface area contributed by atoms with E-state index in [1.807, 2.05) is 11.6 Å². The lowest BCUT2D eigenvalue weighted by molar-refractivity contribution is 0.304. The first-order valence-corrected chi connectivity index (χ1v) is 8.62. The maximum absolute atomic E-state index is 4.59. The lowest BCUT2D eigenvalue weighted by Gasteiger charge is -2.29. The number of nitrogens with one attached hydrogen (secondary N) is 1. The average molecular weight is 299 g/mol. The second-order valence-electron chi connectivity index (χ2n) is 7.09. The molecule has 0 saturated heterocycles. The molecule has 4 atom stereocenters. The fourth-order valence-electron chi connectivity index (χ4n) is 4.73. The second kappa shape index (κ2) is 5.21. The van der Waals surface area contributed by atoms with E-state index in [0.29, 0.717) is 6.04 Å². The lowest BCUT2D eigenvalue weighted by atomic mass is 9.84. The Labute approximate surface area is 131 Å². The van der Waals surface area contributed by atoms with E-state index in [-0.39, 0.29) is 0 Å². The van der Waals surface area contributed by atoms with Crippen molar-refractivity contribution in [3.8, 4) is 0 Å². The van der Waals surface area contributed by atoms with Gasteiger partial charge in [0.1, 0.15) is 17.4 Å². The largest absolute Gasteiger partial charge is 0.365 e. The Morgan fingerprint density at radius 1 is 1.32 bits per heavy atom. The highest BCUT2D eigenvalue weighted by atomic mass is 15.3. The molecule has 2 aromatic rings. The Balaban J connectivity index is 1.64. The first-order chi connectivity index (χ1) is 10.7. The Bertz CT molecular complexity index is 692. The topological polar surface area (TPSA) is 55.6 Å². The maximum Gasteiger partial charge on any atom is 0.155 e. The van der Waals surface area contributed by atoms with Crippen molar-refractivity contribution >= 4 is 16.9 Å². The van der Waals surface area contributed by atoms with Crippen molar-refractivity contribution in [2.24, 2.45) is 17.8 Å². The SMILES string of the molecule is CCn1nc(C)c2ncnc(NC(C)C3CC4CCC3C4)c21. The molecule has 2 aliphatic rings. The normalized spacial score (nSPS) is 28.4. The molecule has 4 rings (SSSR count). The Morgan fingerprint density at radius 2 is 2.18 bits per heavy atom. The Kier molecular flexibility index (Phi) is 3.31. The number of hydrogen-bond acceptors (Lipinski definition) is 4. The van der Waals surface area contributed by atoms with Gasteiger partial charge in [-0.1, -0.05) is 6.42 Å². The standard InChI is InChI=1S/C17H25N5/c1-4-22-16-15(11(3)21-22)18-9-19-17(16)20-10(2)14-8-12-5-6-13(14)7-12/h9-10,12-14H,4-8H2,1-3H3,(H,18,19,20). The monoisotopic (exact) mass is 299 g/mol. The van der Waals surface area contributed by atoms with Crippen LogP contribution in [0, 0.1) is 24.7 Å². The summed E-state index contributed by atoms with van der Waals surface area (Å²) in [4.78, 5) is 8.94. The van der Waals surface area contributed by atoms with Gasteiger partial charge in [0.15, 0.2) is 5.82 Å². The Morgan fingerprint density at radius 3 is 2.86 bits per heavy atom. The third-order valence-corrected chi connectivity index (χ3v) is 5.79. The fraction of sp³-hybridized carbons (Fsp3) is 0.706. The maximum atomic E-state index is 4.59. The summed E-state index contributed by atoms with van der Waals surface area (Å²) in [5.41, 5.74) is 3.01. The zero-order valence-electron chi connectivity index (χ0n) is 13.7. The van der Waals surface area contributed by atoms with Gasteiger partial charge in [-0.25, -0.2) is 9.97 Å². The van der Waals surface area contributed by atoms with Crippen LogP contribution in [0.3, 0.4) is 0 Å². The van der Waals surface area contributed by atoms with Crippen molar-refractivity contribution in [2.45, 2.75) is 59.0 Å². The van der Waals surface area contributed by atoms with Crippen LogP contribution in [0.2, 0.25) is 0 Å². The van der Waals surface area contributed by atoms with E-state index in [1.165, 1.54) is 25.7 Å². The van der Waals surface area contributed by atoms with Gasteiger partial charge in [0.25, 0.3) is 0 Å². The number of hydrogen-bond donors (Lipinski definition) is 1. The molecule has 2 saturated carbocycles. The predicted molar refractivity (Wildman–Crippen MR) is 87.8 cm³/mol. The molecule has 22 heavy (non-hydrogen) atoms. The van der Waals surface area contributed by atoms with Crippen LogP contribution in [0.25, 0.3) is 11.0 Å². The second-order valence-corrected chi connectivity index (χ2v) is 7.09. The lowest BCUT2D eigenvalue weighted by Crippen LogP contribution is -2.30. The minimum Gasteiger partial charge on any atom is -0.365 e. The van der Waals surface area contributed by atoms with Crippen LogP contribution >= 0.6 is 0 Å². The highest BCUT2D eigenvalue weighted by Gasteiger charge is 2.42. The molecule has 2 bridgehead atoms. The van der Waals surface area contributed by atoms with Crippen molar-refractivity contribution in [3.05, 3.63) is 12.0 Å². The highest BCUT2D eigenvalue weighted by Crippen LogP contribution is 2.49. The molecule has 4 unspecified atom stereocenters. The van der Waals surface area contributed by atoms with Crippen LogP contribution in [0.1, 0.15) is 45.2 Å². The van der Waals surface area contributed by atoms with E-state index in [9.17, 15) is 0 Å². The summed E-state index contributed by atoms with van der Waals surface area (Å²) in [6, 6.07) is 0.467. The van der Waals surface area contributed by atoms with Crippen LogP contribution in [0.4, 0.5) is 5.82 Å². The van der Waals surface area contributed by atoms with Crippen molar-refractivity contribution in [1.82, 2.24) is 19.7 Å². The molecule has 2 heterocycles. The molecule has 2 aliphatic carbocycles. The van der Waals surface area contributed by atoms with Gasteiger partial charge in [0.05, 0.1) is 5.69 Å². The molecule has 1 N–H and O–H groups in total. The zero-order valence-corrected chi connectivity index (χ0v) is 13.7. The molecule has 0 aliphatic heterocycles. The molecule has 0 aromatic carbocycles. The fourth-order valence-corrected chi connectivity index (χ4v) is 4.73. The highest BCUT2D eigenvalue weighted by molar-refractivity contribution is 5.87. The molecular weight excluding hydrogens is 274 g/mol. The minimum absolute atomic E-state index is 0.467. The number of aromatic nitrogens is 4. The van der Waals surface area contributed by atoms with Crippen molar-refractivity contribution < 1.29 is 0 Å². The van der Waals surface area contributed by atoms with E-state index < -0.39 is 0 Å². The number of anilines is 1. The third kappa shape index (κ3) is 2.09. The number of rotatable bonds is 4. The van der Waals surface area contributed by atoms with E-state index in [0.717, 1.165) is 46.8 Å². The number of fused-ring (bicyclic) bond motifs is 3. The average Bonchev–Trinajstić information content (AvgIpc) is 3.22. The quantitative estimate of drug-likeness (QED) is 0.940. The summed E-state index contributed by atoms with van der Waals surface area (Å²) < 4.78 is 2.01. The summed E-state index contributed by atoms with van der Waals surface area (Å²) in [6.07, 6.45) is 7.37. The predicted octanol–water partition coefficient (Wildman–Crippen LogP) is 3.39. The molecule has 0 radical (unpaired) electrons. The van der Waals surface area contributed by atoms with E-state index >= 15 is 0 Å². The van der Waals surface area contributed by atoms with Crippen LogP contribution in [-0.4, -0.2) is 25.8 Å². The zero-order chi connectivity index (χ0) is 15.3. The molecule has 5 heteroatoms. The molecule has 5 nitrogen and oxygen atoms in total. The summed E-state index contributed by atoms with van der Waals surface area (Å²) in [6.45, 7) is 7.29. The number of aryl methyl sites for hydroxylation is 2. The van der Waals surface area contributed by atoms with E-state index in [1.54, 1.807) is 6.33 Å². The van der Waals surface area contributed by atoms with Gasteiger partial charge in [-0.05, 0) is 57.8 Å². The molecule has 0 spiro atoms. The van der Waals surface area contributed by atoms with Crippen LogP contribution in [-0.2, 0) is 6.54 Å². The van der Waals surface area contributed by atoms with Crippen molar-refractivity contribution in [3.63, 3.8) is 0 Å². The number of nitrogens with zero attached hydrogens (tertiary/aromatic N) is 4. The minimum atomic E-state index is 0.467. The first kappa shape index (κ1) is 14.0.